The van der Waals surface area contributed by atoms with Crippen molar-refractivity contribution in [3.05, 3.63) is 53.1 Å². The molecular formula is C25H28ClN5O3S. The lowest BCUT2D eigenvalue weighted by atomic mass is 9.95. The number of hydrazone groups is 1. The summed E-state index contributed by atoms with van der Waals surface area (Å²) in [6, 6.07) is 13.0. The number of phenols is 1. The summed E-state index contributed by atoms with van der Waals surface area (Å²) in [5.41, 5.74) is 3.91. The first-order valence-corrected chi connectivity index (χ1v) is 13.0. The topological polar surface area (TPSA) is 102 Å². The molecule has 1 amide bonds. The number of carbonyl (C=O) groups is 1. The zero-order chi connectivity index (χ0) is 24.6. The first-order chi connectivity index (χ1) is 17.1. The molecule has 0 atom stereocenters. The molecule has 2 N–H and O–H groups in total. The van der Waals surface area contributed by atoms with E-state index in [0.29, 0.717) is 34.1 Å². The Balaban J connectivity index is 1.43. The summed E-state index contributed by atoms with van der Waals surface area (Å²) in [5.74, 6) is 0.999. The van der Waals surface area contributed by atoms with Crippen LogP contribution in [0.4, 0.5) is 0 Å². The minimum atomic E-state index is -0.280. The van der Waals surface area contributed by atoms with Crippen LogP contribution in [0.25, 0.3) is 11.4 Å². The van der Waals surface area contributed by atoms with E-state index in [1.807, 2.05) is 31.2 Å². The largest absolute Gasteiger partial charge is 0.504 e. The number of ether oxygens (including phenoxy) is 1. The average molecular weight is 514 g/mol. The molecule has 1 saturated carbocycles. The molecule has 2 aromatic carbocycles. The van der Waals surface area contributed by atoms with Crippen molar-refractivity contribution in [2.45, 2.75) is 50.2 Å². The predicted molar refractivity (Wildman–Crippen MR) is 138 cm³/mol. The molecule has 0 spiro atoms. The Bertz CT molecular complexity index is 1180. The summed E-state index contributed by atoms with van der Waals surface area (Å²) in [6.07, 6.45) is 7.09. The fraction of sp³-hybridized carbons (Fsp3) is 0.360. The number of hydrogen-bond donors (Lipinski definition) is 2. The highest BCUT2D eigenvalue weighted by molar-refractivity contribution is 7.99. The van der Waals surface area contributed by atoms with Gasteiger partial charge < -0.3 is 9.84 Å². The summed E-state index contributed by atoms with van der Waals surface area (Å²) < 4.78 is 7.54. The molecule has 184 valence electrons. The molecular weight excluding hydrogens is 486 g/mol. The lowest BCUT2D eigenvalue weighted by Crippen LogP contribution is -2.20. The number of nitrogens with one attached hydrogen (secondary N) is 1. The van der Waals surface area contributed by atoms with Crippen LogP contribution in [0, 0.1) is 0 Å². The first kappa shape index (κ1) is 25.1. The summed E-state index contributed by atoms with van der Waals surface area (Å²) in [4.78, 5) is 12.5. The van der Waals surface area contributed by atoms with Crippen LogP contribution in [0.2, 0.25) is 5.02 Å². The van der Waals surface area contributed by atoms with Gasteiger partial charge in [-0.2, -0.15) is 5.10 Å². The highest BCUT2D eigenvalue weighted by Crippen LogP contribution is 2.35. The number of phenolic OH excluding ortho intramolecular Hbond substituents is 1. The summed E-state index contributed by atoms with van der Waals surface area (Å²) in [7, 11) is 0. The quantitative estimate of drug-likeness (QED) is 0.224. The van der Waals surface area contributed by atoms with Crippen molar-refractivity contribution in [3.8, 4) is 22.9 Å². The summed E-state index contributed by atoms with van der Waals surface area (Å²) in [5, 5.41) is 24.5. The van der Waals surface area contributed by atoms with E-state index in [2.05, 4.69) is 25.3 Å². The fourth-order valence-electron chi connectivity index (χ4n) is 4.09. The molecule has 1 aliphatic carbocycles. The monoisotopic (exact) mass is 513 g/mol. The Labute approximate surface area is 213 Å². The lowest BCUT2D eigenvalue weighted by Gasteiger charge is -2.25. The molecule has 3 aromatic rings. The van der Waals surface area contributed by atoms with Crippen molar-refractivity contribution in [2.75, 3.05) is 12.4 Å². The number of thioether (sulfide) groups is 1. The summed E-state index contributed by atoms with van der Waals surface area (Å²) >= 11 is 7.40. The van der Waals surface area contributed by atoms with Crippen LogP contribution in [0.5, 0.6) is 11.5 Å². The number of amides is 1. The van der Waals surface area contributed by atoms with E-state index in [9.17, 15) is 9.90 Å². The van der Waals surface area contributed by atoms with E-state index in [1.54, 1.807) is 18.2 Å². The van der Waals surface area contributed by atoms with Crippen molar-refractivity contribution >= 4 is 35.5 Å². The average Bonchev–Trinajstić information content (AvgIpc) is 3.30. The van der Waals surface area contributed by atoms with Crippen molar-refractivity contribution in [2.24, 2.45) is 5.10 Å². The smallest absolute Gasteiger partial charge is 0.250 e. The predicted octanol–water partition coefficient (Wildman–Crippen LogP) is 5.45. The molecule has 1 fully saturated rings. The van der Waals surface area contributed by atoms with E-state index >= 15 is 0 Å². The minimum Gasteiger partial charge on any atom is -0.504 e. The molecule has 4 rings (SSSR count). The van der Waals surface area contributed by atoms with E-state index in [4.69, 9.17) is 16.3 Å². The Hall–Kier alpha value is -3.04. The molecule has 0 aliphatic heterocycles. The van der Waals surface area contributed by atoms with E-state index in [0.717, 1.165) is 24.2 Å². The number of benzene rings is 2. The maximum absolute atomic E-state index is 12.5. The van der Waals surface area contributed by atoms with Crippen LogP contribution in [0.3, 0.4) is 0 Å². The molecule has 0 saturated heterocycles. The zero-order valence-electron chi connectivity index (χ0n) is 19.5. The third kappa shape index (κ3) is 6.35. The van der Waals surface area contributed by atoms with Crippen molar-refractivity contribution in [3.63, 3.8) is 0 Å². The maximum atomic E-state index is 12.5. The van der Waals surface area contributed by atoms with E-state index in [1.165, 1.54) is 37.2 Å². The van der Waals surface area contributed by atoms with Gasteiger partial charge in [-0.1, -0.05) is 48.7 Å². The van der Waals surface area contributed by atoms with Crippen molar-refractivity contribution in [1.29, 1.82) is 0 Å². The molecule has 0 bridgehead atoms. The van der Waals surface area contributed by atoms with Gasteiger partial charge >= 0.3 is 0 Å². The SMILES string of the molecule is CCOc1cccc(C=NNC(=O)CSc2nnc(-c3ccc(Cl)cc3)n2C2CCCCC2)c1O. The van der Waals surface area contributed by atoms with Crippen molar-refractivity contribution < 1.29 is 14.6 Å². The number of aromatic hydroxyl groups is 1. The highest BCUT2D eigenvalue weighted by Gasteiger charge is 2.24. The van der Waals surface area contributed by atoms with Gasteiger partial charge in [-0.3, -0.25) is 9.36 Å². The van der Waals surface area contributed by atoms with Gasteiger partial charge in [0.2, 0.25) is 0 Å². The van der Waals surface area contributed by atoms with Gasteiger partial charge in [0.15, 0.2) is 22.5 Å². The second-order valence-electron chi connectivity index (χ2n) is 8.18. The molecule has 1 aliphatic rings. The van der Waals surface area contributed by atoms with Crippen LogP contribution in [0.1, 0.15) is 50.6 Å². The number of para-hydroxylation sites is 1. The Morgan fingerprint density at radius 2 is 2.00 bits per heavy atom. The number of hydrogen-bond acceptors (Lipinski definition) is 7. The normalized spacial score (nSPS) is 14.3. The Morgan fingerprint density at radius 3 is 2.74 bits per heavy atom. The maximum Gasteiger partial charge on any atom is 0.250 e. The number of aromatic nitrogens is 3. The van der Waals surface area contributed by atoms with Crippen LogP contribution in [-0.4, -0.2) is 44.4 Å². The van der Waals surface area contributed by atoms with Gasteiger partial charge in [0, 0.05) is 22.2 Å². The zero-order valence-corrected chi connectivity index (χ0v) is 21.1. The van der Waals surface area contributed by atoms with Gasteiger partial charge in [-0.05, 0) is 56.2 Å². The third-order valence-electron chi connectivity index (χ3n) is 5.76. The summed E-state index contributed by atoms with van der Waals surface area (Å²) in [6.45, 7) is 2.28. The number of carbonyl (C=O) groups excluding carboxylic acids is 1. The van der Waals surface area contributed by atoms with Gasteiger partial charge in [-0.15, -0.1) is 10.2 Å². The van der Waals surface area contributed by atoms with Crippen LogP contribution in [-0.2, 0) is 4.79 Å². The number of halogens is 1. The van der Waals surface area contributed by atoms with Gasteiger partial charge in [0.05, 0.1) is 18.6 Å². The van der Waals surface area contributed by atoms with Gasteiger partial charge in [-0.25, -0.2) is 5.43 Å². The highest BCUT2D eigenvalue weighted by atomic mass is 35.5. The number of nitrogens with zero attached hydrogens (tertiary/aromatic N) is 4. The minimum absolute atomic E-state index is 0.0166. The Morgan fingerprint density at radius 1 is 1.23 bits per heavy atom. The van der Waals surface area contributed by atoms with Gasteiger partial charge in [0.1, 0.15) is 0 Å². The number of rotatable bonds is 9. The second-order valence-corrected chi connectivity index (χ2v) is 9.56. The lowest BCUT2D eigenvalue weighted by molar-refractivity contribution is -0.118. The van der Waals surface area contributed by atoms with Crippen molar-refractivity contribution in [1.82, 2.24) is 20.2 Å². The molecule has 8 nitrogen and oxygen atoms in total. The van der Waals surface area contributed by atoms with E-state index < -0.39 is 0 Å². The molecule has 10 heteroatoms. The molecule has 1 heterocycles. The fourth-order valence-corrected chi connectivity index (χ4v) is 5.02. The standard InChI is InChI=1S/C25H28ClN5O3S/c1-2-34-21-10-6-7-18(23(21)33)15-27-28-22(32)16-35-25-30-29-24(17-11-13-19(26)14-12-17)31(25)20-8-4-3-5-9-20/h6-7,10-15,20,33H,2-5,8-9,16H2,1H3,(H,28,32). The second kappa shape index (κ2) is 12.1. The van der Waals surface area contributed by atoms with E-state index in [-0.39, 0.29) is 17.4 Å². The molecule has 1 aromatic heterocycles. The molecule has 35 heavy (non-hydrogen) atoms. The van der Waals surface area contributed by atoms with Crippen LogP contribution < -0.4 is 10.2 Å². The van der Waals surface area contributed by atoms with Crippen LogP contribution in [0.15, 0.2) is 52.7 Å². The molecule has 0 unspecified atom stereocenters. The van der Waals surface area contributed by atoms with Crippen LogP contribution >= 0.6 is 23.4 Å². The first-order valence-electron chi connectivity index (χ1n) is 11.7. The third-order valence-corrected chi connectivity index (χ3v) is 6.96. The Kier molecular flexibility index (Phi) is 8.65. The van der Waals surface area contributed by atoms with Gasteiger partial charge in [0.25, 0.3) is 5.91 Å². The molecule has 0 radical (unpaired) electrons.